The summed E-state index contributed by atoms with van der Waals surface area (Å²) in [7, 11) is 1.70. The number of ether oxygens (including phenoxy) is 3. The standard InChI is InChI=1S/C22H28N2O4/c1-26-20-6-2-4-17(12-20)13-24-10-9-23(15-19(24)8-11-25)14-18-5-3-7-21-22(18)28-16-27-21/h2-7,12,19,25H,8-11,13-16H2,1H3/t19-/m1/s1. The van der Waals surface area contributed by atoms with Gasteiger partial charge in [0.05, 0.1) is 7.11 Å². The molecule has 0 unspecified atom stereocenters. The molecular weight excluding hydrogens is 356 g/mol. The van der Waals surface area contributed by atoms with Crippen molar-refractivity contribution in [3.05, 3.63) is 53.6 Å². The van der Waals surface area contributed by atoms with E-state index in [-0.39, 0.29) is 6.61 Å². The van der Waals surface area contributed by atoms with Crippen molar-refractivity contribution in [2.24, 2.45) is 0 Å². The number of para-hydroxylation sites is 1. The summed E-state index contributed by atoms with van der Waals surface area (Å²) in [5.74, 6) is 2.59. The average Bonchev–Trinajstić information content (AvgIpc) is 3.20. The summed E-state index contributed by atoms with van der Waals surface area (Å²) in [6, 6.07) is 14.6. The van der Waals surface area contributed by atoms with E-state index in [4.69, 9.17) is 14.2 Å². The molecule has 2 aliphatic heterocycles. The van der Waals surface area contributed by atoms with E-state index in [1.54, 1.807) is 7.11 Å². The number of methoxy groups -OCH3 is 1. The lowest BCUT2D eigenvalue weighted by Gasteiger charge is -2.41. The predicted molar refractivity (Wildman–Crippen MR) is 107 cm³/mol. The fourth-order valence-electron chi connectivity index (χ4n) is 4.09. The zero-order valence-electron chi connectivity index (χ0n) is 16.3. The van der Waals surface area contributed by atoms with E-state index >= 15 is 0 Å². The first-order valence-corrected chi connectivity index (χ1v) is 9.84. The van der Waals surface area contributed by atoms with Gasteiger partial charge in [-0.3, -0.25) is 9.80 Å². The molecular formula is C22H28N2O4. The van der Waals surface area contributed by atoms with Crippen molar-refractivity contribution in [3.8, 4) is 17.2 Å². The Morgan fingerprint density at radius 1 is 1.11 bits per heavy atom. The van der Waals surface area contributed by atoms with Gasteiger partial charge in [-0.25, -0.2) is 0 Å². The molecule has 6 nitrogen and oxygen atoms in total. The molecule has 0 spiro atoms. The second-order valence-corrected chi connectivity index (χ2v) is 7.37. The summed E-state index contributed by atoms with van der Waals surface area (Å²) in [4.78, 5) is 4.91. The van der Waals surface area contributed by atoms with E-state index in [0.717, 1.165) is 56.4 Å². The Kier molecular flexibility index (Phi) is 6.00. The molecule has 28 heavy (non-hydrogen) atoms. The molecule has 0 aliphatic carbocycles. The van der Waals surface area contributed by atoms with Crippen molar-refractivity contribution in [3.63, 3.8) is 0 Å². The number of hydrogen-bond donors (Lipinski definition) is 1. The smallest absolute Gasteiger partial charge is 0.231 e. The lowest BCUT2D eigenvalue weighted by molar-refractivity contribution is 0.0495. The highest BCUT2D eigenvalue weighted by Gasteiger charge is 2.28. The van der Waals surface area contributed by atoms with Gasteiger partial charge in [-0.05, 0) is 30.2 Å². The monoisotopic (exact) mass is 384 g/mol. The Morgan fingerprint density at radius 2 is 2.00 bits per heavy atom. The maximum Gasteiger partial charge on any atom is 0.231 e. The van der Waals surface area contributed by atoms with Gasteiger partial charge in [-0.1, -0.05) is 24.3 Å². The Bertz CT molecular complexity index is 798. The molecule has 1 atom stereocenters. The number of aliphatic hydroxyl groups is 1. The summed E-state index contributed by atoms with van der Waals surface area (Å²) in [5, 5.41) is 9.59. The van der Waals surface area contributed by atoms with Gasteiger partial charge in [-0.15, -0.1) is 0 Å². The van der Waals surface area contributed by atoms with Gasteiger partial charge in [0.25, 0.3) is 0 Å². The Hall–Kier alpha value is -2.28. The molecule has 2 heterocycles. The zero-order chi connectivity index (χ0) is 19.3. The summed E-state index contributed by atoms with van der Waals surface area (Å²) in [5.41, 5.74) is 2.40. The van der Waals surface area contributed by atoms with Gasteiger partial charge < -0.3 is 19.3 Å². The number of rotatable bonds is 7. The van der Waals surface area contributed by atoms with Crippen molar-refractivity contribution in [1.82, 2.24) is 9.80 Å². The summed E-state index contributed by atoms with van der Waals surface area (Å²) < 4.78 is 16.5. The van der Waals surface area contributed by atoms with E-state index < -0.39 is 0 Å². The molecule has 2 aliphatic rings. The van der Waals surface area contributed by atoms with Gasteiger partial charge in [0.2, 0.25) is 6.79 Å². The molecule has 2 aromatic rings. The fourth-order valence-corrected chi connectivity index (χ4v) is 4.09. The Labute approximate surface area is 166 Å². The van der Waals surface area contributed by atoms with Gasteiger partial charge in [-0.2, -0.15) is 0 Å². The van der Waals surface area contributed by atoms with E-state index in [1.165, 1.54) is 11.1 Å². The van der Waals surface area contributed by atoms with E-state index in [1.807, 2.05) is 24.3 Å². The molecule has 0 aromatic heterocycles. The van der Waals surface area contributed by atoms with Crippen LogP contribution in [0.1, 0.15) is 17.5 Å². The molecule has 0 bridgehead atoms. The lowest BCUT2D eigenvalue weighted by Crippen LogP contribution is -2.52. The third kappa shape index (κ3) is 4.24. The molecule has 0 radical (unpaired) electrons. The first-order valence-electron chi connectivity index (χ1n) is 9.84. The number of piperazine rings is 1. The highest BCUT2D eigenvalue weighted by Crippen LogP contribution is 2.36. The minimum atomic E-state index is 0.199. The minimum Gasteiger partial charge on any atom is -0.497 e. The van der Waals surface area contributed by atoms with Crippen LogP contribution in [0.3, 0.4) is 0 Å². The zero-order valence-corrected chi connectivity index (χ0v) is 16.3. The second-order valence-electron chi connectivity index (χ2n) is 7.37. The van der Waals surface area contributed by atoms with Crippen molar-refractivity contribution in [2.45, 2.75) is 25.6 Å². The van der Waals surface area contributed by atoms with Crippen LogP contribution in [0.4, 0.5) is 0 Å². The number of benzene rings is 2. The van der Waals surface area contributed by atoms with Gasteiger partial charge >= 0.3 is 0 Å². The summed E-state index contributed by atoms with van der Waals surface area (Å²) >= 11 is 0. The summed E-state index contributed by atoms with van der Waals surface area (Å²) in [6.45, 7) is 5.08. The normalized spacial score (nSPS) is 19.7. The van der Waals surface area contributed by atoms with Crippen molar-refractivity contribution in [1.29, 1.82) is 0 Å². The van der Waals surface area contributed by atoms with E-state index in [0.29, 0.717) is 12.8 Å². The lowest BCUT2D eigenvalue weighted by atomic mass is 10.1. The van der Waals surface area contributed by atoms with Crippen molar-refractivity contribution >= 4 is 0 Å². The first kappa shape index (κ1) is 19.1. The van der Waals surface area contributed by atoms with E-state index in [9.17, 15) is 5.11 Å². The average molecular weight is 384 g/mol. The van der Waals surface area contributed by atoms with Crippen LogP contribution in [-0.2, 0) is 13.1 Å². The predicted octanol–water partition coefficient (Wildman–Crippen LogP) is 2.49. The second kappa shape index (κ2) is 8.82. The van der Waals surface area contributed by atoms with Gasteiger partial charge in [0.1, 0.15) is 5.75 Å². The first-order chi connectivity index (χ1) is 13.8. The quantitative estimate of drug-likeness (QED) is 0.792. The maximum atomic E-state index is 9.59. The highest BCUT2D eigenvalue weighted by molar-refractivity contribution is 5.48. The molecule has 0 amide bonds. The maximum absolute atomic E-state index is 9.59. The fraction of sp³-hybridized carbons (Fsp3) is 0.455. The molecule has 1 N–H and O–H groups in total. The molecule has 0 saturated carbocycles. The van der Waals surface area contributed by atoms with Crippen LogP contribution in [0, 0.1) is 0 Å². The van der Waals surface area contributed by atoms with Gasteiger partial charge in [0.15, 0.2) is 11.5 Å². The Balaban J connectivity index is 1.42. The van der Waals surface area contributed by atoms with Crippen LogP contribution in [0.2, 0.25) is 0 Å². The molecule has 6 heteroatoms. The number of nitrogens with zero attached hydrogens (tertiary/aromatic N) is 2. The Morgan fingerprint density at radius 3 is 2.86 bits per heavy atom. The molecule has 4 rings (SSSR count). The highest BCUT2D eigenvalue weighted by atomic mass is 16.7. The van der Waals surface area contributed by atoms with Crippen LogP contribution >= 0.6 is 0 Å². The SMILES string of the molecule is COc1cccc(CN2CCN(Cc3cccc4c3OCO4)C[C@H]2CCO)c1. The third-order valence-electron chi connectivity index (χ3n) is 5.54. The van der Waals surface area contributed by atoms with Crippen LogP contribution in [0.5, 0.6) is 17.2 Å². The van der Waals surface area contributed by atoms with E-state index in [2.05, 4.69) is 28.0 Å². The number of aliphatic hydroxyl groups excluding tert-OH is 1. The molecule has 1 fully saturated rings. The molecule has 150 valence electrons. The van der Waals surface area contributed by atoms with Crippen LogP contribution in [-0.4, -0.2) is 61.1 Å². The van der Waals surface area contributed by atoms with Crippen LogP contribution < -0.4 is 14.2 Å². The number of fused-ring (bicyclic) bond motifs is 1. The van der Waals surface area contributed by atoms with Crippen LogP contribution in [0.25, 0.3) is 0 Å². The number of hydrogen-bond acceptors (Lipinski definition) is 6. The largest absolute Gasteiger partial charge is 0.497 e. The van der Waals surface area contributed by atoms with Crippen molar-refractivity contribution in [2.75, 3.05) is 40.1 Å². The molecule has 1 saturated heterocycles. The van der Waals surface area contributed by atoms with Crippen molar-refractivity contribution < 1.29 is 19.3 Å². The minimum absolute atomic E-state index is 0.199. The van der Waals surface area contributed by atoms with Gasteiger partial charge in [0, 0.05) is 50.9 Å². The molecule has 2 aromatic carbocycles. The summed E-state index contributed by atoms with van der Waals surface area (Å²) in [6.07, 6.45) is 0.771. The van der Waals surface area contributed by atoms with Crippen LogP contribution in [0.15, 0.2) is 42.5 Å². The topological polar surface area (TPSA) is 54.4 Å². The third-order valence-corrected chi connectivity index (χ3v) is 5.54.